The number of fused-ring (bicyclic) bond motifs is 3. The number of hydrogen-bond acceptors (Lipinski definition) is 4. The first kappa shape index (κ1) is 17.6. The summed E-state index contributed by atoms with van der Waals surface area (Å²) in [5.74, 6) is 0. The maximum Gasteiger partial charge on any atom is 0.194 e. The van der Waals surface area contributed by atoms with Gasteiger partial charge in [0, 0.05) is 30.4 Å². The number of imidazole rings is 1. The van der Waals surface area contributed by atoms with Crippen LogP contribution in [-0.2, 0) is 19.3 Å². The summed E-state index contributed by atoms with van der Waals surface area (Å²) in [6.45, 7) is 0. The molecule has 4 rings (SSSR count). The average molecular weight is 370 g/mol. The van der Waals surface area contributed by atoms with E-state index in [1.54, 1.807) is 11.3 Å². The Hall–Kier alpha value is -1.85. The predicted molar refractivity (Wildman–Crippen MR) is 108 cm³/mol. The summed E-state index contributed by atoms with van der Waals surface area (Å²) in [7, 11) is 4.10. The number of nitrogens with zero attached hydrogens (tertiary/aromatic N) is 3. The second-order valence-electron chi connectivity index (χ2n) is 7.45. The number of thiazole rings is 1. The molecule has 2 heterocycles. The Morgan fingerprint density at radius 2 is 1.92 bits per heavy atom. The van der Waals surface area contributed by atoms with Gasteiger partial charge < -0.3 is 10.0 Å². The van der Waals surface area contributed by atoms with E-state index < -0.39 is 6.10 Å². The van der Waals surface area contributed by atoms with Gasteiger partial charge in [-0.05, 0) is 56.2 Å². The molecule has 0 spiro atoms. The van der Waals surface area contributed by atoms with Gasteiger partial charge in [0.2, 0.25) is 0 Å². The van der Waals surface area contributed by atoms with E-state index in [2.05, 4.69) is 38.6 Å². The molecule has 1 aromatic carbocycles. The van der Waals surface area contributed by atoms with E-state index in [9.17, 15) is 5.11 Å². The summed E-state index contributed by atoms with van der Waals surface area (Å²) >= 11 is 1.81. The number of anilines is 1. The highest BCUT2D eigenvalue weighted by Crippen LogP contribution is 2.32. The third-order valence-corrected chi connectivity index (χ3v) is 6.54. The molecule has 26 heavy (non-hydrogen) atoms. The topological polar surface area (TPSA) is 40.8 Å². The van der Waals surface area contributed by atoms with Crippen molar-refractivity contribution in [2.45, 2.75) is 51.0 Å². The van der Waals surface area contributed by atoms with Gasteiger partial charge in [-0.1, -0.05) is 18.6 Å². The summed E-state index contributed by atoms with van der Waals surface area (Å²) < 4.78 is 2.24. The molecular formula is C21H27N3OS. The maximum atomic E-state index is 10.8. The number of hydrogen-bond donors (Lipinski definition) is 1. The number of aryl methyl sites for hydroxylation is 3. The van der Waals surface area contributed by atoms with Gasteiger partial charge >= 0.3 is 0 Å². The number of aliphatic hydroxyl groups excluding tert-OH is 1. The molecule has 5 heteroatoms. The van der Waals surface area contributed by atoms with Crippen LogP contribution in [0.4, 0.5) is 5.69 Å². The lowest BCUT2D eigenvalue weighted by atomic mass is 10.0. The van der Waals surface area contributed by atoms with Crippen LogP contribution in [0.2, 0.25) is 0 Å². The molecule has 0 saturated heterocycles. The fourth-order valence-corrected chi connectivity index (χ4v) is 5.02. The monoisotopic (exact) mass is 369 g/mol. The quantitative estimate of drug-likeness (QED) is 0.678. The smallest absolute Gasteiger partial charge is 0.194 e. The number of aromatic nitrogens is 2. The molecule has 1 aliphatic carbocycles. The predicted octanol–water partition coefficient (Wildman–Crippen LogP) is 4.40. The Labute approximate surface area is 159 Å². The zero-order chi connectivity index (χ0) is 18.1. The van der Waals surface area contributed by atoms with Crippen LogP contribution in [0, 0.1) is 0 Å². The lowest BCUT2D eigenvalue weighted by Crippen LogP contribution is -2.08. The highest BCUT2D eigenvalue weighted by molar-refractivity contribution is 7.17. The van der Waals surface area contributed by atoms with Gasteiger partial charge in [0.05, 0.1) is 18.0 Å². The van der Waals surface area contributed by atoms with E-state index in [0.717, 1.165) is 36.3 Å². The van der Waals surface area contributed by atoms with E-state index in [1.807, 2.05) is 20.3 Å². The van der Waals surface area contributed by atoms with Gasteiger partial charge in [-0.3, -0.25) is 4.40 Å². The summed E-state index contributed by atoms with van der Waals surface area (Å²) in [5, 5.41) is 10.8. The van der Waals surface area contributed by atoms with Crippen LogP contribution in [0.3, 0.4) is 0 Å². The average Bonchev–Trinajstić information content (AvgIpc) is 3.11. The van der Waals surface area contributed by atoms with Gasteiger partial charge in [0.25, 0.3) is 0 Å². The maximum absolute atomic E-state index is 10.8. The van der Waals surface area contributed by atoms with Crippen molar-refractivity contribution in [3.8, 4) is 0 Å². The molecule has 1 N–H and O–H groups in total. The van der Waals surface area contributed by atoms with E-state index in [0.29, 0.717) is 0 Å². The highest BCUT2D eigenvalue weighted by Gasteiger charge is 2.21. The van der Waals surface area contributed by atoms with E-state index in [1.165, 1.54) is 41.1 Å². The van der Waals surface area contributed by atoms with Crippen LogP contribution in [-0.4, -0.2) is 28.6 Å². The lowest BCUT2D eigenvalue weighted by molar-refractivity contribution is 0.162. The summed E-state index contributed by atoms with van der Waals surface area (Å²) in [6, 6.07) is 8.59. The lowest BCUT2D eigenvalue weighted by Gasteiger charge is -2.14. The second kappa shape index (κ2) is 7.41. The summed E-state index contributed by atoms with van der Waals surface area (Å²) in [5.41, 5.74) is 4.82. The molecule has 0 bridgehead atoms. The number of rotatable bonds is 5. The Morgan fingerprint density at radius 1 is 1.15 bits per heavy atom. The van der Waals surface area contributed by atoms with Crippen molar-refractivity contribution in [3.05, 3.63) is 52.3 Å². The van der Waals surface area contributed by atoms with Crippen molar-refractivity contribution >= 4 is 22.0 Å². The molecule has 0 aliphatic heterocycles. The third-order valence-electron chi connectivity index (χ3n) is 5.38. The molecule has 0 amide bonds. The zero-order valence-corrected chi connectivity index (χ0v) is 16.4. The first-order valence-electron chi connectivity index (χ1n) is 9.55. The molecular weight excluding hydrogens is 342 g/mol. The molecule has 0 fully saturated rings. The van der Waals surface area contributed by atoms with Crippen LogP contribution in [0.15, 0.2) is 30.5 Å². The van der Waals surface area contributed by atoms with Gasteiger partial charge in [-0.2, -0.15) is 0 Å². The van der Waals surface area contributed by atoms with E-state index in [4.69, 9.17) is 0 Å². The summed E-state index contributed by atoms with van der Waals surface area (Å²) in [4.78, 5) is 9.19. The minimum absolute atomic E-state index is 0.472. The van der Waals surface area contributed by atoms with Gasteiger partial charge in [0.15, 0.2) is 4.96 Å². The molecule has 138 valence electrons. The van der Waals surface area contributed by atoms with Crippen molar-refractivity contribution < 1.29 is 5.11 Å². The molecule has 2 aromatic heterocycles. The van der Waals surface area contributed by atoms with Crippen molar-refractivity contribution in [3.63, 3.8) is 0 Å². The van der Waals surface area contributed by atoms with Gasteiger partial charge in [-0.25, -0.2) is 4.98 Å². The van der Waals surface area contributed by atoms with E-state index in [-0.39, 0.29) is 0 Å². The van der Waals surface area contributed by atoms with Crippen molar-refractivity contribution in [2.24, 2.45) is 0 Å². The van der Waals surface area contributed by atoms with Crippen LogP contribution in [0.25, 0.3) is 4.96 Å². The Bertz CT molecular complexity index is 879. The number of aliphatic hydroxyl groups is 1. The van der Waals surface area contributed by atoms with Gasteiger partial charge in [0.1, 0.15) is 0 Å². The number of benzene rings is 1. The molecule has 0 radical (unpaired) electrons. The highest BCUT2D eigenvalue weighted by atomic mass is 32.1. The van der Waals surface area contributed by atoms with Gasteiger partial charge in [-0.15, -0.1) is 11.3 Å². The van der Waals surface area contributed by atoms with E-state index >= 15 is 0 Å². The largest absolute Gasteiger partial charge is 0.387 e. The first-order valence-corrected chi connectivity index (χ1v) is 10.4. The Balaban J connectivity index is 1.51. The Kier molecular flexibility index (Phi) is 5.00. The standard InChI is InChI=1S/C21H27N3OS/c1-23(2)16-11-8-15(9-12-16)10-13-19(25)18-14-22-21-24(18)17-6-4-3-5-7-20(17)26-21/h8-9,11-12,14,19,25H,3-7,10,13H2,1-2H3. The van der Waals surface area contributed by atoms with Crippen LogP contribution in [0.1, 0.15) is 53.6 Å². The third kappa shape index (κ3) is 3.38. The normalized spacial score (nSPS) is 15.7. The zero-order valence-electron chi connectivity index (χ0n) is 15.6. The summed E-state index contributed by atoms with van der Waals surface area (Å²) in [6.07, 6.45) is 9.08. The molecule has 1 unspecified atom stereocenters. The molecule has 3 aromatic rings. The van der Waals surface area contributed by atoms with Crippen molar-refractivity contribution in [1.82, 2.24) is 9.38 Å². The van der Waals surface area contributed by atoms with Crippen LogP contribution < -0.4 is 4.90 Å². The van der Waals surface area contributed by atoms with Crippen LogP contribution in [0.5, 0.6) is 0 Å². The van der Waals surface area contributed by atoms with Crippen molar-refractivity contribution in [2.75, 3.05) is 19.0 Å². The molecule has 1 atom stereocenters. The minimum Gasteiger partial charge on any atom is -0.387 e. The Morgan fingerprint density at radius 3 is 2.69 bits per heavy atom. The minimum atomic E-state index is -0.472. The van der Waals surface area contributed by atoms with Crippen LogP contribution >= 0.6 is 11.3 Å². The SMILES string of the molecule is CN(C)c1ccc(CCC(O)c2cnc3sc4c(n23)CCCCC4)cc1. The fourth-order valence-electron chi connectivity index (χ4n) is 3.83. The second-order valence-corrected chi connectivity index (χ2v) is 8.51. The molecule has 1 aliphatic rings. The molecule has 4 nitrogen and oxygen atoms in total. The van der Waals surface area contributed by atoms with Crippen molar-refractivity contribution in [1.29, 1.82) is 0 Å². The first-order chi connectivity index (χ1) is 12.6. The fraction of sp³-hybridized carbons (Fsp3) is 0.476. The molecule has 0 saturated carbocycles.